The van der Waals surface area contributed by atoms with Crippen molar-refractivity contribution in [3.63, 3.8) is 0 Å². The lowest BCUT2D eigenvalue weighted by atomic mass is 10.2. The van der Waals surface area contributed by atoms with Crippen LogP contribution >= 0.6 is 11.8 Å². The Morgan fingerprint density at radius 2 is 2.44 bits per heavy atom. The molecule has 0 amide bonds. The standard InChI is InChI=1S/C7H11NS/c1-6(2)7-3-4-8-5-9-7/h3-4,6H,5H2,1-2H3. The van der Waals surface area contributed by atoms with Gasteiger partial charge in [-0.15, -0.1) is 11.8 Å². The van der Waals surface area contributed by atoms with Crippen molar-refractivity contribution in [1.82, 2.24) is 0 Å². The highest BCUT2D eigenvalue weighted by molar-refractivity contribution is 8.03. The van der Waals surface area contributed by atoms with Crippen LogP contribution in [0.15, 0.2) is 16.0 Å². The molecule has 0 saturated carbocycles. The number of nitrogens with zero attached hydrogens (tertiary/aromatic N) is 1. The lowest BCUT2D eigenvalue weighted by molar-refractivity contribution is 0.817. The fourth-order valence-corrected chi connectivity index (χ4v) is 1.49. The maximum Gasteiger partial charge on any atom is 0.0886 e. The fraction of sp³-hybridized carbons (Fsp3) is 0.571. The molecule has 1 heterocycles. The van der Waals surface area contributed by atoms with E-state index in [9.17, 15) is 0 Å². The molecule has 0 aromatic rings. The Morgan fingerprint density at radius 3 is 2.78 bits per heavy atom. The molecule has 9 heavy (non-hydrogen) atoms. The van der Waals surface area contributed by atoms with Crippen LogP contribution in [0.25, 0.3) is 0 Å². The summed E-state index contributed by atoms with van der Waals surface area (Å²) >= 11 is 1.83. The first-order chi connectivity index (χ1) is 4.30. The van der Waals surface area contributed by atoms with Gasteiger partial charge in [-0.25, -0.2) is 0 Å². The monoisotopic (exact) mass is 141 g/mol. The summed E-state index contributed by atoms with van der Waals surface area (Å²) in [5, 5.41) is 0. The Labute approximate surface area is 60.3 Å². The number of hydrogen-bond acceptors (Lipinski definition) is 2. The van der Waals surface area contributed by atoms with Gasteiger partial charge in [0.1, 0.15) is 0 Å². The molecule has 50 valence electrons. The van der Waals surface area contributed by atoms with Gasteiger partial charge in [0.05, 0.1) is 5.88 Å². The molecule has 0 unspecified atom stereocenters. The normalized spacial score (nSPS) is 18.3. The van der Waals surface area contributed by atoms with E-state index in [0.717, 1.165) is 5.88 Å². The average Bonchev–Trinajstić information content (AvgIpc) is 1.90. The molecule has 1 aliphatic heterocycles. The van der Waals surface area contributed by atoms with Gasteiger partial charge in [-0.05, 0) is 16.9 Å². The zero-order chi connectivity index (χ0) is 6.69. The van der Waals surface area contributed by atoms with Crippen molar-refractivity contribution in [2.24, 2.45) is 10.9 Å². The predicted octanol–water partition coefficient (Wildman–Crippen LogP) is 2.30. The van der Waals surface area contributed by atoms with E-state index in [1.807, 2.05) is 18.0 Å². The molecule has 0 radical (unpaired) electrons. The molecule has 1 nitrogen and oxygen atoms in total. The van der Waals surface area contributed by atoms with Gasteiger partial charge in [-0.1, -0.05) is 13.8 Å². The van der Waals surface area contributed by atoms with Crippen LogP contribution in [0.5, 0.6) is 0 Å². The molecule has 0 fully saturated rings. The first-order valence-corrected chi connectivity index (χ1v) is 4.12. The minimum Gasteiger partial charge on any atom is -0.282 e. The summed E-state index contributed by atoms with van der Waals surface area (Å²) in [5.41, 5.74) is 0. The van der Waals surface area contributed by atoms with E-state index in [4.69, 9.17) is 0 Å². The molecular formula is C7H11NS. The molecule has 1 aliphatic rings. The van der Waals surface area contributed by atoms with Gasteiger partial charge in [0.25, 0.3) is 0 Å². The van der Waals surface area contributed by atoms with E-state index in [-0.39, 0.29) is 0 Å². The average molecular weight is 141 g/mol. The Bertz CT molecular complexity index is 147. The lowest BCUT2D eigenvalue weighted by Crippen LogP contribution is -1.94. The number of rotatable bonds is 1. The van der Waals surface area contributed by atoms with Crippen LogP contribution in [0, 0.1) is 5.92 Å². The first kappa shape index (κ1) is 6.87. The second-order valence-corrected chi connectivity index (χ2v) is 3.35. The molecule has 0 aliphatic carbocycles. The van der Waals surface area contributed by atoms with E-state index in [1.54, 1.807) is 0 Å². The van der Waals surface area contributed by atoms with E-state index >= 15 is 0 Å². The van der Waals surface area contributed by atoms with Gasteiger partial charge in [0, 0.05) is 6.21 Å². The highest BCUT2D eigenvalue weighted by Gasteiger charge is 2.03. The maximum atomic E-state index is 4.07. The second-order valence-electron chi connectivity index (χ2n) is 2.33. The smallest absolute Gasteiger partial charge is 0.0886 e. The van der Waals surface area contributed by atoms with Gasteiger partial charge in [0.15, 0.2) is 0 Å². The first-order valence-electron chi connectivity index (χ1n) is 3.13. The summed E-state index contributed by atoms with van der Waals surface area (Å²) in [6, 6.07) is 0. The molecule has 0 N–H and O–H groups in total. The number of thioether (sulfide) groups is 1. The summed E-state index contributed by atoms with van der Waals surface area (Å²) in [5.74, 6) is 1.58. The third kappa shape index (κ3) is 1.86. The van der Waals surface area contributed by atoms with Crippen LogP contribution in [-0.4, -0.2) is 12.1 Å². The fourth-order valence-electron chi connectivity index (χ4n) is 0.688. The van der Waals surface area contributed by atoms with Crippen molar-refractivity contribution in [3.05, 3.63) is 11.0 Å². The van der Waals surface area contributed by atoms with E-state index in [0.29, 0.717) is 5.92 Å². The Morgan fingerprint density at radius 1 is 1.67 bits per heavy atom. The topological polar surface area (TPSA) is 12.4 Å². The van der Waals surface area contributed by atoms with Crippen molar-refractivity contribution in [2.75, 3.05) is 5.88 Å². The van der Waals surface area contributed by atoms with Gasteiger partial charge in [0.2, 0.25) is 0 Å². The number of hydrogen-bond donors (Lipinski definition) is 0. The van der Waals surface area contributed by atoms with Crippen molar-refractivity contribution in [1.29, 1.82) is 0 Å². The van der Waals surface area contributed by atoms with Gasteiger partial charge in [-0.2, -0.15) is 0 Å². The van der Waals surface area contributed by atoms with E-state index < -0.39 is 0 Å². The Hall–Kier alpha value is -0.240. The minimum atomic E-state index is 0.668. The molecule has 0 atom stereocenters. The molecule has 0 saturated heterocycles. The van der Waals surface area contributed by atoms with Crippen LogP contribution in [0.4, 0.5) is 0 Å². The highest BCUT2D eigenvalue weighted by atomic mass is 32.2. The van der Waals surface area contributed by atoms with Crippen molar-refractivity contribution >= 4 is 18.0 Å². The number of aliphatic imine (C=N–C) groups is 1. The van der Waals surface area contributed by atoms with Crippen molar-refractivity contribution in [3.8, 4) is 0 Å². The zero-order valence-electron chi connectivity index (χ0n) is 5.79. The zero-order valence-corrected chi connectivity index (χ0v) is 6.61. The van der Waals surface area contributed by atoms with Crippen LogP contribution in [0.1, 0.15) is 13.8 Å². The van der Waals surface area contributed by atoms with E-state index in [2.05, 4.69) is 24.9 Å². The Kier molecular flexibility index (Phi) is 2.34. The summed E-state index contributed by atoms with van der Waals surface area (Å²) in [6.07, 6.45) is 3.99. The quantitative estimate of drug-likeness (QED) is 0.546. The van der Waals surface area contributed by atoms with E-state index in [1.165, 1.54) is 4.91 Å². The maximum absolute atomic E-state index is 4.07. The van der Waals surface area contributed by atoms with Crippen LogP contribution in [0.2, 0.25) is 0 Å². The van der Waals surface area contributed by atoms with Crippen LogP contribution in [-0.2, 0) is 0 Å². The summed E-state index contributed by atoms with van der Waals surface area (Å²) in [6.45, 7) is 4.41. The minimum absolute atomic E-state index is 0.668. The molecular weight excluding hydrogens is 130 g/mol. The second kappa shape index (κ2) is 3.06. The van der Waals surface area contributed by atoms with Gasteiger partial charge >= 0.3 is 0 Å². The molecule has 0 aromatic carbocycles. The van der Waals surface area contributed by atoms with Crippen molar-refractivity contribution < 1.29 is 0 Å². The van der Waals surface area contributed by atoms with Crippen molar-refractivity contribution in [2.45, 2.75) is 13.8 Å². The highest BCUT2D eigenvalue weighted by Crippen LogP contribution is 2.25. The van der Waals surface area contributed by atoms with Crippen LogP contribution in [0.3, 0.4) is 0 Å². The SMILES string of the molecule is CC(C)C1=CC=NCS1. The number of allylic oxidation sites excluding steroid dienone is 2. The Balaban J connectivity index is 2.57. The third-order valence-corrected chi connectivity index (χ3v) is 2.44. The third-order valence-electron chi connectivity index (χ3n) is 1.22. The largest absolute Gasteiger partial charge is 0.282 e. The van der Waals surface area contributed by atoms with Crippen LogP contribution < -0.4 is 0 Å². The molecule has 0 spiro atoms. The molecule has 0 aromatic heterocycles. The molecule has 2 heteroatoms. The summed E-state index contributed by atoms with van der Waals surface area (Å²) in [7, 11) is 0. The molecule has 1 rings (SSSR count). The predicted molar refractivity (Wildman–Crippen MR) is 43.9 cm³/mol. The summed E-state index contributed by atoms with van der Waals surface area (Å²) < 4.78 is 0. The lowest BCUT2D eigenvalue weighted by Gasteiger charge is -2.10. The van der Waals surface area contributed by atoms with Gasteiger partial charge < -0.3 is 0 Å². The summed E-state index contributed by atoms with van der Waals surface area (Å²) in [4.78, 5) is 5.52. The molecule has 0 bridgehead atoms. The van der Waals surface area contributed by atoms with Gasteiger partial charge in [-0.3, -0.25) is 4.99 Å².